The van der Waals surface area contributed by atoms with E-state index in [0.717, 1.165) is 25.9 Å². The van der Waals surface area contributed by atoms with Crippen molar-refractivity contribution in [3.05, 3.63) is 36.0 Å². The van der Waals surface area contributed by atoms with E-state index < -0.39 is 0 Å². The van der Waals surface area contributed by atoms with Crippen LogP contribution < -0.4 is 5.32 Å². The number of aromatic nitrogens is 2. The zero-order valence-electron chi connectivity index (χ0n) is 9.90. The zero-order chi connectivity index (χ0) is 12.4. The van der Waals surface area contributed by atoms with Gasteiger partial charge in [0.1, 0.15) is 5.82 Å². The van der Waals surface area contributed by atoms with Crippen LogP contribution in [0.4, 0.5) is 4.39 Å². The molecule has 1 fully saturated rings. The molecule has 0 saturated carbocycles. The third-order valence-corrected chi connectivity index (χ3v) is 3.23. The Labute approximate surface area is 104 Å². The summed E-state index contributed by atoms with van der Waals surface area (Å²) in [4.78, 5) is 0. The summed E-state index contributed by atoms with van der Waals surface area (Å²) in [6.07, 6.45) is 1.97. The Morgan fingerprint density at radius 2 is 1.94 bits per heavy atom. The van der Waals surface area contributed by atoms with Crippen LogP contribution in [0.15, 0.2) is 28.7 Å². The minimum Gasteiger partial charge on any atom is -0.420 e. The van der Waals surface area contributed by atoms with Gasteiger partial charge in [-0.1, -0.05) is 12.1 Å². The number of hydrogen-bond donors (Lipinski definition) is 1. The smallest absolute Gasteiger partial charge is 0.250 e. The van der Waals surface area contributed by atoms with Crippen LogP contribution in [0.2, 0.25) is 0 Å². The fourth-order valence-corrected chi connectivity index (χ4v) is 2.21. The van der Waals surface area contributed by atoms with Crippen molar-refractivity contribution in [2.24, 2.45) is 0 Å². The van der Waals surface area contributed by atoms with Gasteiger partial charge in [-0.2, -0.15) is 0 Å². The molecule has 0 spiro atoms. The molecule has 1 N–H and O–H groups in total. The minimum absolute atomic E-state index is 0.265. The first-order chi connectivity index (χ1) is 8.84. The van der Waals surface area contributed by atoms with E-state index in [4.69, 9.17) is 4.42 Å². The van der Waals surface area contributed by atoms with Gasteiger partial charge in [0.2, 0.25) is 5.89 Å². The second-order valence-electron chi connectivity index (χ2n) is 4.45. The van der Waals surface area contributed by atoms with Crippen LogP contribution in [-0.2, 0) is 0 Å². The normalized spacial score (nSPS) is 16.9. The van der Waals surface area contributed by atoms with Gasteiger partial charge in [-0.25, -0.2) is 4.39 Å². The summed E-state index contributed by atoms with van der Waals surface area (Å²) in [7, 11) is 0. The van der Waals surface area contributed by atoms with Crippen molar-refractivity contribution in [2.45, 2.75) is 18.8 Å². The van der Waals surface area contributed by atoms with E-state index in [2.05, 4.69) is 15.5 Å². The molecule has 5 heteroatoms. The van der Waals surface area contributed by atoms with E-state index in [0.29, 0.717) is 17.4 Å². The maximum atomic E-state index is 13.6. The number of rotatable bonds is 2. The molecule has 0 radical (unpaired) electrons. The van der Waals surface area contributed by atoms with Crippen molar-refractivity contribution in [3.8, 4) is 11.5 Å². The van der Waals surface area contributed by atoms with Crippen molar-refractivity contribution in [2.75, 3.05) is 13.1 Å². The molecule has 0 unspecified atom stereocenters. The number of hydrogen-bond acceptors (Lipinski definition) is 4. The second-order valence-corrected chi connectivity index (χ2v) is 4.45. The van der Waals surface area contributed by atoms with E-state index in [1.807, 2.05) is 0 Å². The molecule has 3 rings (SSSR count). The van der Waals surface area contributed by atoms with Gasteiger partial charge in [0, 0.05) is 5.92 Å². The van der Waals surface area contributed by atoms with Gasteiger partial charge >= 0.3 is 0 Å². The summed E-state index contributed by atoms with van der Waals surface area (Å²) in [5.41, 5.74) is 0.366. The summed E-state index contributed by atoms with van der Waals surface area (Å²) in [6.45, 7) is 1.92. The highest BCUT2D eigenvalue weighted by molar-refractivity contribution is 5.53. The second kappa shape index (κ2) is 4.86. The predicted octanol–water partition coefficient (Wildman–Crippen LogP) is 2.34. The molecule has 2 aromatic rings. The minimum atomic E-state index is -0.335. The molecule has 18 heavy (non-hydrogen) atoms. The maximum Gasteiger partial charge on any atom is 0.250 e. The zero-order valence-corrected chi connectivity index (χ0v) is 9.90. The largest absolute Gasteiger partial charge is 0.420 e. The molecule has 1 aromatic heterocycles. The van der Waals surface area contributed by atoms with E-state index in [1.165, 1.54) is 6.07 Å². The lowest BCUT2D eigenvalue weighted by Crippen LogP contribution is -2.26. The molecule has 1 aliphatic heterocycles. The van der Waals surface area contributed by atoms with Crippen LogP contribution in [-0.4, -0.2) is 23.3 Å². The van der Waals surface area contributed by atoms with Gasteiger partial charge < -0.3 is 9.73 Å². The Hall–Kier alpha value is -1.75. The molecule has 1 saturated heterocycles. The third-order valence-electron chi connectivity index (χ3n) is 3.23. The molecule has 1 aliphatic rings. The van der Waals surface area contributed by atoms with Crippen LogP contribution >= 0.6 is 0 Å². The number of nitrogens with one attached hydrogen (secondary N) is 1. The molecular weight excluding hydrogens is 233 g/mol. The average Bonchev–Trinajstić information content (AvgIpc) is 2.90. The van der Waals surface area contributed by atoms with Crippen LogP contribution in [0.25, 0.3) is 11.5 Å². The van der Waals surface area contributed by atoms with Crippen molar-refractivity contribution >= 4 is 0 Å². The van der Waals surface area contributed by atoms with Crippen molar-refractivity contribution < 1.29 is 8.81 Å². The molecular formula is C13H14FN3O. The molecule has 0 bridgehead atoms. The van der Waals surface area contributed by atoms with Crippen LogP contribution in [0.3, 0.4) is 0 Å². The highest BCUT2D eigenvalue weighted by atomic mass is 19.1. The molecule has 2 heterocycles. The lowest BCUT2D eigenvalue weighted by Gasteiger charge is -2.18. The summed E-state index contributed by atoms with van der Waals surface area (Å²) >= 11 is 0. The maximum absolute atomic E-state index is 13.6. The molecule has 0 aliphatic carbocycles. The first-order valence-electron chi connectivity index (χ1n) is 6.13. The summed E-state index contributed by atoms with van der Waals surface area (Å²) in [5.74, 6) is 0.841. The van der Waals surface area contributed by atoms with E-state index in [1.54, 1.807) is 18.2 Å². The lowest BCUT2D eigenvalue weighted by molar-refractivity contribution is 0.378. The van der Waals surface area contributed by atoms with Crippen LogP contribution in [0, 0.1) is 5.82 Å². The fourth-order valence-electron chi connectivity index (χ4n) is 2.21. The number of piperidine rings is 1. The molecule has 0 amide bonds. The molecule has 1 aromatic carbocycles. The standard InChI is InChI=1S/C13H14FN3O/c14-11-4-2-1-3-10(11)13-17-16-12(18-13)9-5-7-15-8-6-9/h1-4,9,15H,5-8H2. The monoisotopic (exact) mass is 247 g/mol. The van der Waals surface area contributed by atoms with Gasteiger partial charge in [0.05, 0.1) is 5.56 Å². The first kappa shape index (κ1) is 11.3. The molecule has 0 atom stereocenters. The Balaban J connectivity index is 1.87. The van der Waals surface area contributed by atoms with Gasteiger partial charge in [-0.15, -0.1) is 10.2 Å². The fraction of sp³-hybridized carbons (Fsp3) is 0.385. The van der Waals surface area contributed by atoms with Gasteiger partial charge in [0.15, 0.2) is 0 Å². The number of nitrogens with zero attached hydrogens (tertiary/aromatic N) is 2. The molecule has 4 nitrogen and oxygen atoms in total. The SMILES string of the molecule is Fc1ccccc1-c1nnc(C2CCNCC2)o1. The summed E-state index contributed by atoms with van der Waals surface area (Å²) < 4.78 is 19.2. The van der Waals surface area contributed by atoms with Crippen LogP contribution in [0.1, 0.15) is 24.7 Å². The van der Waals surface area contributed by atoms with Gasteiger partial charge in [-0.05, 0) is 38.1 Å². The summed E-state index contributed by atoms with van der Waals surface area (Å²) in [5, 5.41) is 11.3. The molecule has 94 valence electrons. The average molecular weight is 247 g/mol. The van der Waals surface area contributed by atoms with Crippen molar-refractivity contribution in [3.63, 3.8) is 0 Å². The number of benzene rings is 1. The third kappa shape index (κ3) is 2.13. The van der Waals surface area contributed by atoms with Gasteiger partial charge in [-0.3, -0.25) is 0 Å². The predicted molar refractivity (Wildman–Crippen MR) is 64.5 cm³/mol. The van der Waals surface area contributed by atoms with Crippen molar-refractivity contribution in [1.82, 2.24) is 15.5 Å². The Kier molecular flexibility index (Phi) is 3.06. The highest BCUT2D eigenvalue weighted by Crippen LogP contribution is 2.27. The number of halogens is 1. The van der Waals surface area contributed by atoms with E-state index in [9.17, 15) is 4.39 Å². The van der Waals surface area contributed by atoms with Gasteiger partial charge in [0.25, 0.3) is 5.89 Å². The Morgan fingerprint density at radius 3 is 2.72 bits per heavy atom. The topological polar surface area (TPSA) is 51.0 Å². The summed E-state index contributed by atoms with van der Waals surface area (Å²) in [6, 6.07) is 6.44. The first-order valence-corrected chi connectivity index (χ1v) is 6.13. The lowest BCUT2D eigenvalue weighted by atomic mass is 9.98. The van der Waals surface area contributed by atoms with Crippen molar-refractivity contribution in [1.29, 1.82) is 0 Å². The highest BCUT2D eigenvalue weighted by Gasteiger charge is 2.22. The van der Waals surface area contributed by atoms with E-state index in [-0.39, 0.29) is 11.7 Å². The Bertz CT molecular complexity index is 535. The van der Waals surface area contributed by atoms with E-state index >= 15 is 0 Å². The Morgan fingerprint density at radius 1 is 1.17 bits per heavy atom. The van der Waals surface area contributed by atoms with Crippen LogP contribution in [0.5, 0.6) is 0 Å². The quantitative estimate of drug-likeness (QED) is 0.885.